The lowest BCUT2D eigenvalue weighted by molar-refractivity contribution is 0.0355. The van der Waals surface area contributed by atoms with Crippen LogP contribution in [0.15, 0.2) is 24.3 Å². The fourth-order valence-corrected chi connectivity index (χ4v) is 1.46. The van der Waals surface area contributed by atoms with E-state index in [9.17, 15) is 0 Å². The van der Waals surface area contributed by atoms with Crippen molar-refractivity contribution in [3.8, 4) is 11.8 Å². The van der Waals surface area contributed by atoms with Crippen molar-refractivity contribution in [2.45, 2.75) is 19.8 Å². The molecule has 0 aliphatic heterocycles. The lowest BCUT2D eigenvalue weighted by Gasteiger charge is -2.08. The lowest BCUT2D eigenvalue weighted by Crippen LogP contribution is -2.11. The zero-order valence-electron chi connectivity index (χ0n) is 11.4. The van der Waals surface area contributed by atoms with Gasteiger partial charge in [0, 0.05) is 6.61 Å². The van der Waals surface area contributed by atoms with Crippen molar-refractivity contribution >= 4 is 0 Å². The Balaban J connectivity index is 2.03. The van der Waals surface area contributed by atoms with Gasteiger partial charge >= 0.3 is 0 Å². The summed E-state index contributed by atoms with van der Waals surface area (Å²) in [7, 11) is 0. The van der Waals surface area contributed by atoms with Crippen molar-refractivity contribution in [1.29, 1.82) is 5.26 Å². The van der Waals surface area contributed by atoms with E-state index in [1.165, 1.54) is 0 Å². The van der Waals surface area contributed by atoms with Gasteiger partial charge in [-0.05, 0) is 18.6 Å². The lowest BCUT2D eigenvalue weighted by atomic mass is 10.2. The highest BCUT2D eigenvalue weighted by Gasteiger charge is 2.00. The highest BCUT2D eigenvalue weighted by molar-refractivity contribution is 5.42. The van der Waals surface area contributed by atoms with Crippen LogP contribution in [-0.4, -0.2) is 33.0 Å². The first-order chi connectivity index (χ1) is 9.38. The molecule has 4 nitrogen and oxygen atoms in total. The van der Waals surface area contributed by atoms with E-state index < -0.39 is 0 Å². The number of benzene rings is 1. The fourth-order valence-electron chi connectivity index (χ4n) is 1.46. The van der Waals surface area contributed by atoms with E-state index >= 15 is 0 Å². The summed E-state index contributed by atoms with van der Waals surface area (Å²) in [5.74, 6) is 0.604. The van der Waals surface area contributed by atoms with Gasteiger partial charge in [0.05, 0.1) is 25.4 Å². The van der Waals surface area contributed by atoms with Crippen LogP contribution < -0.4 is 4.74 Å². The van der Waals surface area contributed by atoms with Crippen LogP contribution in [0.25, 0.3) is 0 Å². The van der Waals surface area contributed by atoms with Crippen LogP contribution in [0.4, 0.5) is 0 Å². The van der Waals surface area contributed by atoms with Crippen molar-refractivity contribution in [2.24, 2.45) is 0 Å². The number of rotatable bonds is 10. The van der Waals surface area contributed by atoms with Gasteiger partial charge in [0.1, 0.15) is 18.4 Å². The molecule has 0 bridgehead atoms. The van der Waals surface area contributed by atoms with Gasteiger partial charge in [-0.25, -0.2) is 0 Å². The third kappa shape index (κ3) is 6.80. The maximum Gasteiger partial charge on any atom is 0.137 e. The Labute approximate surface area is 114 Å². The highest BCUT2D eigenvalue weighted by Crippen LogP contribution is 2.15. The first-order valence-corrected chi connectivity index (χ1v) is 6.66. The Morgan fingerprint density at radius 1 is 1.00 bits per heavy atom. The van der Waals surface area contributed by atoms with Crippen molar-refractivity contribution in [1.82, 2.24) is 0 Å². The molecule has 19 heavy (non-hydrogen) atoms. The molecule has 0 saturated heterocycles. The third-order valence-corrected chi connectivity index (χ3v) is 2.51. The van der Waals surface area contributed by atoms with Crippen LogP contribution in [0.1, 0.15) is 25.3 Å². The van der Waals surface area contributed by atoms with Gasteiger partial charge in [0.2, 0.25) is 0 Å². The second-order valence-corrected chi connectivity index (χ2v) is 4.03. The molecule has 0 N–H and O–H groups in total. The molecule has 0 saturated carbocycles. The smallest absolute Gasteiger partial charge is 0.137 e. The molecule has 1 aromatic carbocycles. The van der Waals surface area contributed by atoms with Crippen LogP contribution in [0.5, 0.6) is 5.75 Å². The summed E-state index contributed by atoms with van der Waals surface area (Å²) in [6, 6.07) is 9.27. The van der Waals surface area contributed by atoms with Gasteiger partial charge in [-0.1, -0.05) is 25.5 Å². The highest BCUT2D eigenvalue weighted by atomic mass is 16.5. The third-order valence-electron chi connectivity index (χ3n) is 2.51. The van der Waals surface area contributed by atoms with Crippen molar-refractivity contribution in [3.05, 3.63) is 29.8 Å². The Bertz CT molecular complexity index is 387. The van der Waals surface area contributed by atoms with Crippen LogP contribution >= 0.6 is 0 Å². The number of hydrogen-bond donors (Lipinski definition) is 0. The van der Waals surface area contributed by atoms with Gasteiger partial charge in [-0.15, -0.1) is 0 Å². The second kappa shape index (κ2) is 10.4. The van der Waals surface area contributed by atoms with Crippen LogP contribution in [0.3, 0.4) is 0 Å². The summed E-state index contributed by atoms with van der Waals surface area (Å²) >= 11 is 0. The number of nitriles is 1. The SMILES string of the molecule is CCCCOCCOCCOc1ccccc1C#N. The average Bonchev–Trinajstić information content (AvgIpc) is 2.46. The average molecular weight is 263 g/mol. The molecule has 1 aromatic rings. The monoisotopic (exact) mass is 263 g/mol. The molecule has 0 unspecified atom stereocenters. The van der Waals surface area contributed by atoms with Crippen molar-refractivity contribution < 1.29 is 14.2 Å². The Morgan fingerprint density at radius 3 is 2.42 bits per heavy atom. The normalized spacial score (nSPS) is 10.1. The Kier molecular flexibility index (Phi) is 8.45. The number of nitrogens with zero attached hydrogens (tertiary/aromatic N) is 1. The number of hydrogen-bond acceptors (Lipinski definition) is 4. The fraction of sp³-hybridized carbons (Fsp3) is 0.533. The van der Waals surface area contributed by atoms with E-state index in [-0.39, 0.29) is 0 Å². The molecule has 0 amide bonds. The number of unbranched alkanes of at least 4 members (excludes halogenated alkanes) is 1. The molecule has 0 heterocycles. The van der Waals surface area contributed by atoms with Gasteiger partial charge < -0.3 is 14.2 Å². The molecule has 0 radical (unpaired) electrons. The molecule has 1 rings (SSSR count). The zero-order valence-corrected chi connectivity index (χ0v) is 11.4. The molecule has 0 aliphatic carbocycles. The molecule has 104 valence electrons. The number of ether oxygens (including phenoxy) is 3. The quantitative estimate of drug-likeness (QED) is 0.609. The zero-order chi connectivity index (χ0) is 13.8. The molecule has 0 aliphatic rings. The van der Waals surface area contributed by atoms with E-state index in [0.717, 1.165) is 19.4 Å². The summed E-state index contributed by atoms with van der Waals surface area (Å²) in [6.45, 7) is 5.06. The van der Waals surface area contributed by atoms with E-state index in [4.69, 9.17) is 19.5 Å². The van der Waals surface area contributed by atoms with Crippen LogP contribution in [-0.2, 0) is 9.47 Å². The predicted molar refractivity (Wildman–Crippen MR) is 73.2 cm³/mol. The molecule has 0 atom stereocenters. The molecular formula is C15H21NO3. The Morgan fingerprint density at radius 2 is 1.68 bits per heavy atom. The van der Waals surface area contributed by atoms with Gasteiger partial charge in [-0.2, -0.15) is 5.26 Å². The molecule has 0 fully saturated rings. The predicted octanol–water partition coefficient (Wildman–Crippen LogP) is 2.77. The Hall–Kier alpha value is -1.57. The van der Waals surface area contributed by atoms with Crippen molar-refractivity contribution in [3.63, 3.8) is 0 Å². The first-order valence-electron chi connectivity index (χ1n) is 6.66. The molecular weight excluding hydrogens is 242 g/mol. The minimum atomic E-state index is 0.438. The topological polar surface area (TPSA) is 51.5 Å². The van der Waals surface area contributed by atoms with E-state index in [2.05, 4.69) is 13.0 Å². The molecule has 4 heteroatoms. The molecule has 0 aromatic heterocycles. The first kappa shape index (κ1) is 15.5. The maximum absolute atomic E-state index is 8.88. The van der Waals surface area contributed by atoms with Gasteiger partial charge in [0.25, 0.3) is 0 Å². The van der Waals surface area contributed by atoms with Crippen LogP contribution in [0.2, 0.25) is 0 Å². The number of para-hydroxylation sites is 1. The summed E-state index contributed by atoms with van der Waals surface area (Å²) in [5, 5.41) is 8.88. The largest absolute Gasteiger partial charge is 0.490 e. The van der Waals surface area contributed by atoms with E-state index in [1.807, 2.05) is 12.1 Å². The van der Waals surface area contributed by atoms with Crippen LogP contribution in [0, 0.1) is 11.3 Å². The summed E-state index contributed by atoms with van der Waals surface area (Å²) < 4.78 is 16.2. The second-order valence-electron chi connectivity index (χ2n) is 4.03. The van der Waals surface area contributed by atoms with Gasteiger partial charge in [-0.3, -0.25) is 0 Å². The van der Waals surface area contributed by atoms with E-state index in [1.54, 1.807) is 12.1 Å². The van der Waals surface area contributed by atoms with E-state index in [0.29, 0.717) is 37.7 Å². The maximum atomic E-state index is 8.88. The summed E-state index contributed by atoms with van der Waals surface area (Å²) in [5.41, 5.74) is 0.547. The van der Waals surface area contributed by atoms with Gasteiger partial charge in [0.15, 0.2) is 0 Å². The van der Waals surface area contributed by atoms with Crippen molar-refractivity contribution in [2.75, 3.05) is 33.0 Å². The summed E-state index contributed by atoms with van der Waals surface area (Å²) in [6.07, 6.45) is 2.24. The standard InChI is InChI=1S/C15H21NO3/c1-2-3-8-17-9-10-18-11-12-19-15-7-5-4-6-14(15)13-16/h4-7H,2-3,8-12H2,1H3. The summed E-state index contributed by atoms with van der Waals surface area (Å²) in [4.78, 5) is 0. The molecule has 0 spiro atoms. The minimum absolute atomic E-state index is 0.438. The minimum Gasteiger partial charge on any atom is -0.490 e.